The van der Waals surface area contributed by atoms with Crippen molar-refractivity contribution in [3.63, 3.8) is 0 Å². The van der Waals surface area contributed by atoms with Crippen molar-refractivity contribution in [2.75, 3.05) is 20.6 Å². The van der Waals surface area contributed by atoms with E-state index in [1.54, 1.807) is 0 Å². The highest BCUT2D eigenvalue weighted by atomic mass is 16.1. The first-order chi connectivity index (χ1) is 8.46. The Labute approximate surface area is 111 Å². The average molecular weight is 255 g/mol. The SMILES string of the molecule is CC(N)CCC(=O)NCC1(N(C)C)CCCCC1. The monoisotopic (exact) mass is 255 g/mol. The first-order valence-electron chi connectivity index (χ1n) is 7.16. The lowest BCUT2D eigenvalue weighted by atomic mass is 9.80. The summed E-state index contributed by atoms with van der Waals surface area (Å²) in [6.45, 7) is 2.72. The van der Waals surface area contributed by atoms with Gasteiger partial charge in [0, 0.05) is 24.5 Å². The summed E-state index contributed by atoms with van der Waals surface area (Å²) in [7, 11) is 4.25. The Kier molecular flexibility index (Phi) is 6.09. The maximum atomic E-state index is 11.8. The van der Waals surface area contributed by atoms with E-state index < -0.39 is 0 Å². The van der Waals surface area contributed by atoms with Crippen molar-refractivity contribution in [2.24, 2.45) is 5.73 Å². The minimum atomic E-state index is 0.105. The third-order valence-corrected chi connectivity index (χ3v) is 4.17. The zero-order valence-corrected chi connectivity index (χ0v) is 12.2. The second-order valence-electron chi connectivity index (χ2n) is 5.97. The highest BCUT2D eigenvalue weighted by molar-refractivity contribution is 5.76. The third kappa shape index (κ3) is 4.58. The molecule has 1 rings (SSSR count). The number of rotatable bonds is 6. The molecule has 1 aliphatic rings. The number of carbonyl (C=O) groups is 1. The van der Waals surface area contributed by atoms with Crippen LogP contribution in [0.1, 0.15) is 51.9 Å². The molecule has 0 aromatic rings. The molecule has 0 aromatic carbocycles. The Bertz CT molecular complexity index is 258. The van der Waals surface area contributed by atoms with E-state index in [-0.39, 0.29) is 17.5 Å². The smallest absolute Gasteiger partial charge is 0.220 e. The number of nitrogens with one attached hydrogen (secondary N) is 1. The largest absolute Gasteiger partial charge is 0.354 e. The minimum absolute atomic E-state index is 0.105. The van der Waals surface area contributed by atoms with Crippen LogP contribution in [0.2, 0.25) is 0 Å². The van der Waals surface area contributed by atoms with Crippen molar-refractivity contribution in [3.8, 4) is 0 Å². The van der Waals surface area contributed by atoms with Gasteiger partial charge in [0.25, 0.3) is 0 Å². The Balaban J connectivity index is 2.40. The Morgan fingerprint density at radius 3 is 2.44 bits per heavy atom. The molecule has 1 unspecified atom stereocenters. The second kappa shape index (κ2) is 7.10. The summed E-state index contributed by atoms with van der Waals surface area (Å²) < 4.78 is 0. The molecule has 0 heterocycles. The molecule has 1 atom stereocenters. The topological polar surface area (TPSA) is 58.4 Å². The summed E-state index contributed by atoms with van der Waals surface area (Å²) in [6, 6.07) is 0.105. The number of amides is 1. The molecule has 1 fully saturated rings. The zero-order valence-electron chi connectivity index (χ0n) is 12.2. The van der Waals surface area contributed by atoms with Crippen LogP contribution in [0.3, 0.4) is 0 Å². The van der Waals surface area contributed by atoms with E-state index in [0.29, 0.717) is 6.42 Å². The van der Waals surface area contributed by atoms with Gasteiger partial charge in [-0.05, 0) is 40.3 Å². The molecule has 3 N–H and O–H groups in total. The lowest BCUT2D eigenvalue weighted by Crippen LogP contribution is -2.53. The molecule has 0 spiro atoms. The summed E-state index contributed by atoms with van der Waals surface area (Å²) in [5, 5.41) is 3.09. The predicted molar refractivity (Wildman–Crippen MR) is 75.4 cm³/mol. The van der Waals surface area contributed by atoms with Crippen molar-refractivity contribution in [2.45, 2.75) is 63.5 Å². The van der Waals surface area contributed by atoms with E-state index in [0.717, 1.165) is 13.0 Å². The van der Waals surface area contributed by atoms with Gasteiger partial charge in [-0.2, -0.15) is 0 Å². The Morgan fingerprint density at radius 2 is 1.94 bits per heavy atom. The van der Waals surface area contributed by atoms with Crippen LogP contribution >= 0.6 is 0 Å². The fourth-order valence-corrected chi connectivity index (χ4v) is 2.70. The van der Waals surface area contributed by atoms with E-state index in [9.17, 15) is 4.79 Å². The third-order valence-electron chi connectivity index (χ3n) is 4.17. The van der Waals surface area contributed by atoms with E-state index in [4.69, 9.17) is 5.73 Å². The van der Waals surface area contributed by atoms with Gasteiger partial charge in [0.05, 0.1) is 0 Å². The molecule has 0 aliphatic heterocycles. The second-order valence-corrected chi connectivity index (χ2v) is 5.97. The molecule has 1 aliphatic carbocycles. The molecule has 106 valence electrons. The summed E-state index contributed by atoms with van der Waals surface area (Å²) in [5.41, 5.74) is 5.83. The first-order valence-corrected chi connectivity index (χ1v) is 7.16. The maximum Gasteiger partial charge on any atom is 0.220 e. The van der Waals surface area contributed by atoms with Gasteiger partial charge in [0.2, 0.25) is 5.91 Å². The summed E-state index contributed by atoms with van der Waals surface area (Å²) in [6.07, 6.45) is 7.55. The number of nitrogens with zero attached hydrogens (tertiary/aromatic N) is 1. The minimum Gasteiger partial charge on any atom is -0.354 e. The number of hydrogen-bond donors (Lipinski definition) is 2. The fraction of sp³-hybridized carbons (Fsp3) is 0.929. The summed E-state index contributed by atoms with van der Waals surface area (Å²) in [5.74, 6) is 0.138. The molecular weight excluding hydrogens is 226 g/mol. The van der Waals surface area contributed by atoms with Crippen LogP contribution in [0, 0.1) is 0 Å². The molecule has 0 aromatic heterocycles. The molecule has 1 amide bonds. The molecule has 0 bridgehead atoms. The molecular formula is C14H29N3O. The van der Waals surface area contributed by atoms with Gasteiger partial charge in [-0.3, -0.25) is 4.79 Å². The number of likely N-dealkylation sites (N-methyl/N-ethyl adjacent to an activating group) is 1. The van der Waals surface area contributed by atoms with Crippen LogP contribution in [0.5, 0.6) is 0 Å². The lowest BCUT2D eigenvalue weighted by molar-refractivity contribution is -0.122. The fourth-order valence-electron chi connectivity index (χ4n) is 2.70. The van der Waals surface area contributed by atoms with Crippen molar-refractivity contribution in [1.29, 1.82) is 0 Å². The molecule has 18 heavy (non-hydrogen) atoms. The zero-order chi connectivity index (χ0) is 13.6. The molecule has 4 nitrogen and oxygen atoms in total. The van der Waals surface area contributed by atoms with Crippen LogP contribution in [0.4, 0.5) is 0 Å². The van der Waals surface area contributed by atoms with Gasteiger partial charge < -0.3 is 16.0 Å². The van der Waals surface area contributed by atoms with Crippen molar-refractivity contribution in [3.05, 3.63) is 0 Å². The Morgan fingerprint density at radius 1 is 1.33 bits per heavy atom. The number of hydrogen-bond acceptors (Lipinski definition) is 3. The summed E-state index contributed by atoms with van der Waals surface area (Å²) >= 11 is 0. The average Bonchev–Trinajstić information content (AvgIpc) is 2.34. The predicted octanol–water partition coefficient (Wildman–Crippen LogP) is 1.49. The van der Waals surface area contributed by atoms with E-state index in [2.05, 4.69) is 24.3 Å². The van der Waals surface area contributed by atoms with Crippen LogP contribution in [0.25, 0.3) is 0 Å². The summed E-state index contributed by atoms with van der Waals surface area (Å²) in [4.78, 5) is 14.1. The number of carbonyl (C=O) groups excluding carboxylic acids is 1. The van der Waals surface area contributed by atoms with Crippen LogP contribution in [0.15, 0.2) is 0 Å². The van der Waals surface area contributed by atoms with Gasteiger partial charge in [-0.15, -0.1) is 0 Å². The maximum absolute atomic E-state index is 11.8. The van der Waals surface area contributed by atoms with Gasteiger partial charge in [-0.1, -0.05) is 19.3 Å². The van der Waals surface area contributed by atoms with Gasteiger partial charge >= 0.3 is 0 Å². The quantitative estimate of drug-likeness (QED) is 0.756. The molecule has 1 saturated carbocycles. The molecule has 4 heteroatoms. The van der Waals surface area contributed by atoms with E-state index >= 15 is 0 Å². The van der Waals surface area contributed by atoms with Crippen LogP contribution < -0.4 is 11.1 Å². The number of nitrogens with two attached hydrogens (primary N) is 1. The highest BCUT2D eigenvalue weighted by Crippen LogP contribution is 2.31. The standard InChI is InChI=1S/C14H29N3O/c1-12(15)7-8-13(18)16-11-14(17(2)3)9-5-4-6-10-14/h12H,4-11,15H2,1-3H3,(H,16,18). The molecule has 0 saturated heterocycles. The normalized spacial score (nSPS) is 20.7. The van der Waals surface area contributed by atoms with Crippen molar-refractivity contribution in [1.82, 2.24) is 10.2 Å². The van der Waals surface area contributed by atoms with Crippen molar-refractivity contribution >= 4 is 5.91 Å². The van der Waals surface area contributed by atoms with Crippen LogP contribution in [-0.2, 0) is 4.79 Å². The lowest BCUT2D eigenvalue weighted by Gasteiger charge is -2.43. The van der Waals surface area contributed by atoms with Crippen molar-refractivity contribution < 1.29 is 4.79 Å². The van der Waals surface area contributed by atoms with Gasteiger partial charge in [-0.25, -0.2) is 0 Å². The van der Waals surface area contributed by atoms with Gasteiger partial charge in [0.1, 0.15) is 0 Å². The van der Waals surface area contributed by atoms with E-state index in [1.807, 2.05) is 6.92 Å². The van der Waals surface area contributed by atoms with Crippen LogP contribution in [-0.4, -0.2) is 43.0 Å². The first kappa shape index (κ1) is 15.4. The molecule has 0 radical (unpaired) electrons. The van der Waals surface area contributed by atoms with E-state index in [1.165, 1.54) is 32.1 Å². The van der Waals surface area contributed by atoms with Gasteiger partial charge in [0.15, 0.2) is 0 Å². The Hall–Kier alpha value is -0.610. The highest BCUT2D eigenvalue weighted by Gasteiger charge is 2.34.